The predicted octanol–water partition coefficient (Wildman–Crippen LogP) is 2.64. The first-order valence-corrected chi connectivity index (χ1v) is 8.29. The molecule has 1 unspecified atom stereocenters. The van der Waals surface area contributed by atoms with Crippen LogP contribution in [0.1, 0.15) is 39.0 Å². The number of phenols is 1. The third-order valence-electron chi connectivity index (χ3n) is 3.85. The average molecular weight is 283 g/mol. The van der Waals surface area contributed by atoms with Crippen LogP contribution in [0.2, 0.25) is 0 Å². The fourth-order valence-electron chi connectivity index (χ4n) is 2.67. The van der Waals surface area contributed by atoms with Crippen molar-refractivity contribution in [2.24, 2.45) is 5.92 Å². The highest BCUT2D eigenvalue weighted by Crippen LogP contribution is 2.27. The summed E-state index contributed by atoms with van der Waals surface area (Å²) in [7, 11) is -3.49. The monoisotopic (exact) mass is 283 g/mol. The number of aromatic hydroxyl groups is 1. The molecule has 0 spiro atoms. The molecule has 2 rings (SSSR count). The Morgan fingerprint density at radius 2 is 1.74 bits per heavy atom. The Hall–Kier alpha value is -1.07. The van der Waals surface area contributed by atoms with Gasteiger partial charge in [0, 0.05) is 6.04 Å². The summed E-state index contributed by atoms with van der Waals surface area (Å²) in [4.78, 5) is 0.202. The van der Waals surface area contributed by atoms with Crippen LogP contribution in [0.4, 0.5) is 0 Å². The van der Waals surface area contributed by atoms with Crippen LogP contribution in [0.25, 0.3) is 0 Å². The molecule has 2 N–H and O–H groups in total. The molecule has 106 valence electrons. The molecule has 0 bridgehead atoms. The van der Waals surface area contributed by atoms with Gasteiger partial charge in [-0.3, -0.25) is 0 Å². The van der Waals surface area contributed by atoms with Crippen molar-refractivity contribution in [1.82, 2.24) is 4.72 Å². The van der Waals surface area contributed by atoms with E-state index in [9.17, 15) is 13.5 Å². The molecule has 5 heteroatoms. The number of phenolic OH excluding ortho intramolecular Hbond substituents is 1. The summed E-state index contributed by atoms with van der Waals surface area (Å²) in [6.07, 6.45) is 5.83. The topological polar surface area (TPSA) is 66.4 Å². The lowest BCUT2D eigenvalue weighted by Crippen LogP contribution is -2.38. The van der Waals surface area contributed by atoms with Gasteiger partial charge in [0.1, 0.15) is 5.75 Å². The molecule has 1 aliphatic carbocycles. The summed E-state index contributed by atoms with van der Waals surface area (Å²) < 4.78 is 27.2. The Kier molecular flexibility index (Phi) is 4.47. The third-order valence-corrected chi connectivity index (χ3v) is 5.42. The molecule has 4 nitrogen and oxygen atoms in total. The Morgan fingerprint density at radius 1 is 1.16 bits per heavy atom. The van der Waals surface area contributed by atoms with Crippen molar-refractivity contribution < 1.29 is 13.5 Å². The number of hydrogen-bond donors (Lipinski definition) is 2. The molecule has 19 heavy (non-hydrogen) atoms. The van der Waals surface area contributed by atoms with Crippen LogP contribution in [0.5, 0.6) is 5.75 Å². The van der Waals surface area contributed by atoms with Crippen LogP contribution in [0, 0.1) is 5.92 Å². The number of rotatable bonds is 4. The molecular formula is C14H21NO3S. The molecule has 1 aromatic rings. The zero-order valence-electron chi connectivity index (χ0n) is 11.2. The first-order valence-electron chi connectivity index (χ1n) is 6.80. The predicted molar refractivity (Wildman–Crippen MR) is 74.5 cm³/mol. The van der Waals surface area contributed by atoms with Gasteiger partial charge in [-0.1, -0.05) is 19.3 Å². The van der Waals surface area contributed by atoms with Crippen LogP contribution in [-0.2, 0) is 10.0 Å². The number of benzene rings is 1. The zero-order valence-corrected chi connectivity index (χ0v) is 12.0. The lowest BCUT2D eigenvalue weighted by molar-refractivity contribution is 0.303. The first-order chi connectivity index (χ1) is 8.99. The molecule has 0 saturated heterocycles. The molecule has 0 radical (unpaired) electrons. The van der Waals surface area contributed by atoms with Gasteiger partial charge in [-0.05, 0) is 49.9 Å². The number of nitrogens with one attached hydrogen (secondary N) is 1. The smallest absolute Gasteiger partial charge is 0.240 e. The lowest BCUT2D eigenvalue weighted by Gasteiger charge is -2.28. The van der Waals surface area contributed by atoms with E-state index >= 15 is 0 Å². The van der Waals surface area contributed by atoms with Crippen molar-refractivity contribution in [3.05, 3.63) is 24.3 Å². The van der Waals surface area contributed by atoms with Gasteiger partial charge in [0.2, 0.25) is 10.0 Å². The van der Waals surface area contributed by atoms with Gasteiger partial charge in [-0.25, -0.2) is 13.1 Å². The summed E-state index contributed by atoms with van der Waals surface area (Å²) in [5, 5.41) is 9.19. The number of hydrogen-bond acceptors (Lipinski definition) is 3. The van der Waals surface area contributed by atoms with Crippen LogP contribution in [0.3, 0.4) is 0 Å². The number of sulfonamides is 1. The lowest BCUT2D eigenvalue weighted by atomic mass is 9.85. The highest BCUT2D eigenvalue weighted by Gasteiger charge is 2.24. The van der Waals surface area contributed by atoms with E-state index in [4.69, 9.17) is 0 Å². The summed E-state index contributed by atoms with van der Waals surface area (Å²) in [6.45, 7) is 1.94. The fourth-order valence-corrected chi connectivity index (χ4v) is 3.98. The fraction of sp³-hybridized carbons (Fsp3) is 0.571. The van der Waals surface area contributed by atoms with E-state index in [1.54, 1.807) is 0 Å². The minimum absolute atomic E-state index is 0.0425. The quantitative estimate of drug-likeness (QED) is 0.892. The maximum absolute atomic E-state index is 12.2. The van der Waals surface area contributed by atoms with Gasteiger partial charge in [0.25, 0.3) is 0 Å². The molecule has 0 amide bonds. The van der Waals surface area contributed by atoms with Crippen LogP contribution in [0.15, 0.2) is 29.2 Å². The van der Waals surface area contributed by atoms with Crippen molar-refractivity contribution in [3.63, 3.8) is 0 Å². The summed E-state index contributed by atoms with van der Waals surface area (Å²) in [5.74, 6) is 0.500. The second kappa shape index (κ2) is 5.92. The van der Waals surface area contributed by atoms with Crippen molar-refractivity contribution in [2.75, 3.05) is 0 Å². The van der Waals surface area contributed by atoms with Crippen molar-refractivity contribution in [2.45, 2.75) is 50.0 Å². The van der Waals surface area contributed by atoms with E-state index in [1.807, 2.05) is 6.92 Å². The molecular weight excluding hydrogens is 262 g/mol. The Morgan fingerprint density at radius 3 is 2.32 bits per heavy atom. The molecule has 1 aromatic carbocycles. The van der Waals surface area contributed by atoms with Gasteiger partial charge in [-0.2, -0.15) is 0 Å². The van der Waals surface area contributed by atoms with E-state index in [1.165, 1.54) is 43.5 Å². The van der Waals surface area contributed by atoms with Gasteiger partial charge < -0.3 is 5.11 Å². The van der Waals surface area contributed by atoms with Crippen LogP contribution >= 0.6 is 0 Å². The van der Waals surface area contributed by atoms with Gasteiger partial charge >= 0.3 is 0 Å². The molecule has 0 aromatic heterocycles. The van der Waals surface area contributed by atoms with E-state index in [0.717, 1.165) is 12.8 Å². The minimum Gasteiger partial charge on any atom is -0.508 e. The second-order valence-electron chi connectivity index (χ2n) is 5.30. The minimum atomic E-state index is -3.49. The zero-order chi connectivity index (χ0) is 13.9. The van der Waals surface area contributed by atoms with E-state index < -0.39 is 10.0 Å². The maximum atomic E-state index is 12.2. The van der Waals surface area contributed by atoms with E-state index in [0.29, 0.717) is 5.92 Å². The largest absolute Gasteiger partial charge is 0.508 e. The molecule has 1 aliphatic rings. The Bertz CT molecular complexity index is 504. The molecule has 1 atom stereocenters. The highest BCUT2D eigenvalue weighted by molar-refractivity contribution is 7.89. The van der Waals surface area contributed by atoms with Crippen molar-refractivity contribution >= 4 is 10.0 Å². The Balaban J connectivity index is 2.05. The average Bonchev–Trinajstić information content (AvgIpc) is 2.40. The van der Waals surface area contributed by atoms with Crippen molar-refractivity contribution in [3.8, 4) is 5.75 Å². The van der Waals surface area contributed by atoms with Crippen LogP contribution < -0.4 is 4.72 Å². The first kappa shape index (κ1) is 14.3. The van der Waals surface area contributed by atoms with Crippen LogP contribution in [-0.4, -0.2) is 19.6 Å². The maximum Gasteiger partial charge on any atom is 0.240 e. The SMILES string of the molecule is CC(NS(=O)(=O)c1ccc(O)cc1)C1CCCCC1. The second-order valence-corrected chi connectivity index (χ2v) is 7.02. The molecule has 1 fully saturated rings. The normalized spacial score (nSPS) is 19.2. The van der Waals surface area contributed by atoms with Gasteiger partial charge in [0.05, 0.1) is 4.90 Å². The summed E-state index contributed by atoms with van der Waals surface area (Å²) in [5.41, 5.74) is 0. The molecule has 1 saturated carbocycles. The highest BCUT2D eigenvalue weighted by atomic mass is 32.2. The standard InChI is InChI=1S/C14H21NO3S/c1-11(12-5-3-2-4-6-12)15-19(17,18)14-9-7-13(16)8-10-14/h7-12,15-16H,2-6H2,1H3. The third kappa shape index (κ3) is 3.70. The van der Waals surface area contributed by atoms with E-state index in [2.05, 4.69) is 4.72 Å². The van der Waals surface area contributed by atoms with Gasteiger partial charge in [-0.15, -0.1) is 0 Å². The van der Waals surface area contributed by atoms with E-state index in [-0.39, 0.29) is 16.7 Å². The van der Waals surface area contributed by atoms with Gasteiger partial charge in [0.15, 0.2) is 0 Å². The molecule has 0 aliphatic heterocycles. The summed E-state index contributed by atoms with van der Waals surface area (Å²) in [6, 6.07) is 5.58. The Labute approximate surface area is 114 Å². The molecule has 0 heterocycles. The van der Waals surface area contributed by atoms with Crippen molar-refractivity contribution in [1.29, 1.82) is 0 Å². The summed E-state index contributed by atoms with van der Waals surface area (Å²) >= 11 is 0.